The first-order chi connectivity index (χ1) is 8.82. The van der Waals surface area contributed by atoms with Crippen molar-refractivity contribution < 1.29 is 14.3 Å². The summed E-state index contributed by atoms with van der Waals surface area (Å²) in [5, 5.41) is 0. The fraction of sp³-hybridized carbons (Fsp3) is 0.562. The van der Waals surface area contributed by atoms with E-state index in [9.17, 15) is 4.79 Å². The van der Waals surface area contributed by atoms with Gasteiger partial charge in [0.15, 0.2) is 0 Å². The van der Waals surface area contributed by atoms with E-state index in [0.29, 0.717) is 0 Å². The average molecular weight is 264 g/mol. The van der Waals surface area contributed by atoms with Gasteiger partial charge in [0, 0.05) is 0 Å². The van der Waals surface area contributed by atoms with Crippen molar-refractivity contribution >= 4 is 5.97 Å². The third kappa shape index (κ3) is 3.49. The van der Waals surface area contributed by atoms with Crippen LogP contribution in [0.5, 0.6) is 5.75 Å². The lowest BCUT2D eigenvalue weighted by molar-refractivity contribution is -0.156. The first kappa shape index (κ1) is 15.5. The van der Waals surface area contributed by atoms with Gasteiger partial charge in [-0.05, 0) is 51.3 Å². The minimum Gasteiger partial charge on any atom is -0.489 e. The fourth-order valence-electron chi connectivity index (χ4n) is 2.12. The summed E-state index contributed by atoms with van der Waals surface area (Å²) < 4.78 is 10.9. The van der Waals surface area contributed by atoms with Crippen LogP contribution in [0.15, 0.2) is 18.2 Å². The average Bonchev–Trinajstić information content (AvgIpc) is 2.38. The molecular weight excluding hydrogens is 240 g/mol. The van der Waals surface area contributed by atoms with Crippen molar-refractivity contribution in [3.8, 4) is 5.75 Å². The van der Waals surface area contributed by atoms with E-state index >= 15 is 0 Å². The number of carbonyl (C=O) groups is 1. The SMILES string of the molecule is CCC(Oc1cc(C)ccc1C)C(C)(C)C(=O)OC. The van der Waals surface area contributed by atoms with Crippen LogP contribution in [0.3, 0.4) is 0 Å². The van der Waals surface area contributed by atoms with Crippen LogP contribution in [0.4, 0.5) is 0 Å². The van der Waals surface area contributed by atoms with Gasteiger partial charge in [0.25, 0.3) is 0 Å². The van der Waals surface area contributed by atoms with Gasteiger partial charge in [-0.1, -0.05) is 19.1 Å². The number of ether oxygens (including phenoxy) is 2. The van der Waals surface area contributed by atoms with Crippen molar-refractivity contribution in [1.29, 1.82) is 0 Å². The van der Waals surface area contributed by atoms with Crippen LogP contribution < -0.4 is 4.74 Å². The lowest BCUT2D eigenvalue weighted by atomic mass is 9.85. The zero-order valence-corrected chi connectivity index (χ0v) is 12.7. The summed E-state index contributed by atoms with van der Waals surface area (Å²) in [6.07, 6.45) is 0.538. The summed E-state index contributed by atoms with van der Waals surface area (Å²) in [6.45, 7) is 9.77. The van der Waals surface area contributed by atoms with Crippen molar-refractivity contribution in [2.75, 3.05) is 7.11 Å². The van der Waals surface area contributed by atoms with Crippen LogP contribution in [0, 0.1) is 19.3 Å². The molecule has 0 aliphatic carbocycles. The van der Waals surface area contributed by atoms with Gasteiger partial charge in [-0.3, -0.25) is 4.79 Å². The molecule has 0 heterocycles. The summed E-state index contributed by atoms with van der Waals surface area (Å²) in [5.74, 6) is 0.591. The van der Waals surface area contributed by atoms with Crippen LogP contribution >= 0.6 is 0 Å². The topological polar surface area (TPSA) is 35.5 Å². The molecule has 1 atom stereocenters. The van der Waals surface area contributed by atoms with E-state index in [0.717, 1.165) is 23.3 Å². The maximum Gasteiger partial charge on any atom is 0.315 e. The van der Waals surface area contributed by atoms with Crippen molar-refractivity contribution in [2.24, 2.45) is 5.41 Å². The maximum absolute atomic E-state index is 11.9. The quantitative estimate of drug-likeness (QED) is 0.761. The Hall–Kier alpha value is -1.51. The molecule has 106 valence electrons. The Morgan fingerprint density at radius 1 is 1.32 bits per heavy atom. The molecule has 0 N–H and O–H groups in total. The second kappa shape index (κ2) is 6.09. The smallest absolute Gasteiger partial charge is 0.315 e. The second-order valence-corrected chi connectivity index (χ2v) is 5.50. The highest BCUT2D eigenvalue weighted by Crippen LogP contribution is 2.31. The van der Waals surface area contributed by atoms with Gasteiger partial charge in [-0.2, -0.15) is 0 Å². The molecule has 1 aromatic rings. The van der Waals surface area contributed by atoms with Crippen LogP contribution in [0.2, 0.25) is 0 Å². The summed E-state index contributed by atoms with van der Waals surface area (Å²) >= 11 is 0. The highest BCUT2D eigenvalue weighted by molar-refractivity contribution is 5.76. The van der Waals surface area contributed by atoms with Crippen LogP contribution in [-0.4, -0.2) is 19.2 Å². The number of benzene rings is 1. The van der Waals surface area contributed by atoms with E-state index in [-0.39, 0.29) is 12.1 Å². The van der Waals surface area contributed by atoms with Gasteiger partial charge in [-0.15, -0.1) is 0 Å². The Kier molecular flexibility index (Phi) is 4.98. The molecule has 0 aromatic heterocycles. The van der Waals surface area contributed by atoms with E-state index in [1.807, 2.05) is 46.8 Å². The molecule has 1 unspecified atom stereocenters. The Morgan fingerprint density at radius 2 is 1.95 bits per heavy atom. The van der Waals surface area contributed by atoms with Gasteiger partial charge in [0.05, 0.1) is 12.5 Å². The molecule has 1 aromatic carbocycles. The van der Waals surface area contributed by atoms with Crippen molar-refractivity contribution in [1.82, 2.24) is 0 Å². The standard InChI is InChI=1S/C16H24O3/c1-7-14(16(4,5)15(17)18-6)19-13-10-11(2)8-9-12(13)3/h8-10,14H,7H2,1-6H3. The first-order valence-corrected chi connectivity index (χ1v) is 6.65. The molecule has 0 fully saturated rings. The monoisotopic (exact) mass is 264 g/mol. The number of hydrogen-bond donors (Lipinski definition) is 0. The number of methoxy groups -OCH3 is 1. The van der Waals surface area contributed by atoms with E-state index in [1.54, 1.807) is 0 Å². The molecule has 3 nitrogen and oxygen atoms in total. The van der Waals surface area contributed by atoms with Crippen molar-refractivity contribution in [3.05, 3.63) is 29.3 Å². The van der Waals surface area contributed by atoms with Crippen molar-refractivity contribution in [3.63, 3.8) is 0 Å². The Bertz CT molecular complexity index is 449. The molecule has 0 radical (unpaired) electrons. The maximum atomic E-state index is 11.9. The predicted octanol–water partition coefficient (Wildman–Crippen LogP) is 3.66. The fourth-order valence-corrected chi connectivity index (χ4v) is 2.12. The summed E-state index contributed by atoms with van der Waals surface area (Å²) in [4.78, 5) is 11.9. The van der Waals surface area contributed by atoms with Crippen LogP contribution in [0.25, 0.3) is 0 Å². The minimum atomic E-state index is -0.667. The molecule has 0 saturated heterocycles. The van der Waals surface area contributed by atoms with Gasteiger partial charge in [0.2, 0.25) is 0 Å². The zero-order chi connectivity index (χ0) is 14.6. The van der Waals surface area contributed by atoms with E-state index in [4.69, 9.17) is 9.47 Å². The predicted molar refractivity (Wildman–Crippen MR) is 76.4 cm³/mol. The molecule has 0 amide bonds. The van der Waals surface area contributed by atoms with Crippen LogP contribution in [-0.2, 0) is 9.53 Å². The zero-order valence-electron chi connectivity index (χ0n) is 12.7. The molecule has 3 heteroatoms. The van der Waals surface area contributed by atoms with Gasteiger partial charge >= 0.3 is 5.97 Å². The number of esters is 1. The lowest BCUT2D eigenvalue weighted by Crippen LogP contribution is -2.41. The molecule has 0 saturated carbocycles. The lowest BCUT2D eigenvalue weighted by Gasteiger charge is -2.31. The molecule has 1 rings (SSSR count). The summed E-state index contributed by atoms with van der Waals surface area (Å²) in [6, 6.07) is 6.09. The third-order valence-corrected chi connectivity index (χ3v) is 3.50. The minimum absolute atomic E-state index is 0.208. The Balaban J connectivity index is 2.99. The summed E-state index contributed by atoms with van der Waals surface area (Å²) in [5.41, 5.74) is 1.55. The highest BCUT2D eigenvalue weighted by atomic mass is 16.5. The Morgan fingerprint density at radius 3 is 2.47 bits per heavy atom. The van der Waals surface area contributed by atoms with Gasteiger partial charge < -0.3 is 9.47 Å². The highest BCUT2D eigenvalue weighted by Gasteiger charge is 2.38. The molecule has 19 heavy (non-hydrogen) atoms. The molecule has 0 spiro atoms. The molecule has 0 bridgehead atoms. The normalized spacial score (nSPS) is 12.9. The van der Waals surface area contributed by atoms with Crippen molar-refractivity contribution in [2.45, 2.75) is 47.1 Å². The summed E-state index contributed by atoms with van der Waals surface area (Å²) in [7, 11) is 1.41. The van der Waals surface area contributed by atoms with Gasteiger partial charge in [0.1, 0.15) is 11.9 Å². The van der Waals surface area contributed by atoms with E-state index in [1.165, 1.54) is 7.11 Å². The Labute approximate surface area is 115 Å². The number of aryl methyl sites for hydroxylation is 2. The number of rotatable bonds is 5. The van der Waals surface area contributed by atoms with E-state index < -0.39 is 5.41 Å². The first-order valence-electron chi connectivity index (χ1n) is 6.65. The molecule has 0 aliphatic rings. The van der Waals surface area contributed by atoms with Crippen LogP contribution in [0.1, 0.15) is 38.3 Å². The van der Waals surface area contributed by atoms with Gasteiger partial charge in [-0.25, -0.2) is 0 Å². The van der Waals surface area contributed by atoms with E-state index in [2.05, 4.69) is 6.07 Å². The number of carbonyl (C=O) groups excluding carboxylic acids is 1. The number of hydrogen-bond acceptors (Lipinski definition) is 3. The molecule has 0 aliphatic heterocycles. The largest absolute Gasteiger partial charge is 0.489 e. The second-order valence-electron chi connectivity index (χ2n) is 5.50. The molecular formula is C16H24O3. The third-order valence-electron chi connectivity index (χ3n) is 3.50.